The van der Waals surface area contributed by atoms with Crippen LogP contribution in [0.15, 0.2) is 24.4 Å². The normalized spacial score (nSPS) is 20.7. The van der Waals surface area contributed by atoms with Gasteiger partial charge in [0.1, 0.15) is 11.5 Å². The van der Waals surface area contributed by atoms with E-state index in [1.54, 1.807) is 16.9 Å². The maximum atomic E-state index is 13.9. The summed E-state index contributed by atoms with van der Waals surface area (Å²) in [4.78, 5) is 0. The van der Waals surface area contributed by atoms with Crippen LogP contribution in [-0.4, -0.2) is 26.1 Å². The van der Waals surface area contributed by atoms with Crippen LogP contribution in [0.25, 0.3) is 0 Å². The van der Waals surface area contributed by atoms with Crippen LogP contribution in [0.4, 0.5) is 4.39 Å². The molecule has 6 nitrogen and oxygen atoms in total. The Labute approximate surface area is 139 Å². The summed E-state index contributed by atoms with van der Waals surface area (Å²) in [5.74, 6) is -0.308. The minimum absolute atomic E-state index is 0.128. The third-order valence-electron chi connectivity index (χ3n) is 4.52. The summed E-state index contributed by atoms with van der Waals surface area (Å²) in [6.07, 6.45) is 5.92. The summed E-state index contributed by atoms with van der Waals surface area (Å²) in [7, 11) is 0. The van der Waals surface area contributed by atoms with E-state index in [4.69, 9.17) is 10.4 Å². The zero-order chi connectivity index (χ0) is 16.9. The van der Waals surface area contributed by atoms with Gasteiger partial charge in [-0.25, -0.2) is 9.07 Å². The fourth-order valence-corrected chi connectivity index (χ4v) is 3.23. The van der Waals surface area contributed by atoms with Crippen LogP contribution in [0, 0.1) is 17.1 Å². The van der Waals surface area contributed by atoms with Crippen molar-refractivity contribution in [3.63, 3.8) is 0 Å². The molecule has 1 aliphatic rings. The summed E-state index contributed by atoms with van der Waals surface area (Å²) in [6.45, 7) is 0.237. The fraction of sp³-hybridized carbons (Fsp3) is 0.471. The van der Waals surface area contributed by atoms with Gasteiger partial charge in [-0.3, -0.25) is 0 Å². The van der Waals surface area contributed by atoms with E-state index in [1.165, 1.54) is 12.1 Å². The van der Waals surface area contributed by atoms with Crippen molar-refractivity contribution in [1.82, 2.24) is 20.3 Å². The van der Waals surface area contributed by atoms with E-state index < -0.39 is 0 Å². The van der Waals surface area contributed by atoms with Crippen molar-refractivity contribution in [1.29, 1.82) is 5.26 Å². The number of nitrogens with one attached hydrogen (secondary N) is 1. The van der Waals surface area contributed by atoms with Crippen molar-refractivity contribution in [2.45, 2.75) is 50.9 Å². The Bertz CT molecular complexity index is 739. The van der Waals surface area contributed by atoms with Crippen molar-refractivity contribution < 1.29 is 9.50 Å². The third kappa shape index (κ3) is 3.61. The maximum Gasteiger partial charge on any atom is 0.127 e. The van der Waals surface area contributed by atoms with Gasteiger partial charge in [0.2, 0.25) is 0 Å². The van der Waals surface area contributed by atoms with Gasteiger partial charge in [0.25, 0.3) is 0 Å². The number of aromatic nitrogens is 3. The zero-order valence-electron chi connectivity index (χ0n) is 13.3. The van der Waals surface area contributed by atoms with E-state index in [0.717, 1.165) is 25.7 Å². The first-order valence-electron chi connectivity index (χ1n) is 8.14. The minimum Gasteiger partial charge on any atom is -0.390 e. The van der Waals surface area contributed by atoms with Crippen molar-refractivity contribution in [2.75, 3.05) is 0 Å². The van der Waals surface area contributed by atoms with Crippen molar-refractivity contribution in [3.05, 3.63) is 47.0 Å². The first-order valence-corrected chi connectivity index (χ1v) is 8.14. The van der Waals surface area contributed by atoms with Gasteiger partial charge in [-0.15, -0.1) is 5.10 Å². The second-order valence-electron chi connectivity index (χ2n) is 6.11. The Morgan fingerprint density at radius 1 is 1.38 bits per heavy atom. The van der Waals surface area contributed by atoms with Crippen LogP contribution in [0.3, 0.4) is 0 Å². The van der Waals surface area contributed by atoms with Gasteiger partial charge in [-0.2, -0.15) is 5.26 Å². The quantitative estimate of drug-likeness (QED) is 0.877. The van der Waals surface area contributed by atoms with Gasteiger partial charge in [0.05, 0.1) is 30.5 Å². The van der Waals surface area contributed by atoms with Gasteiger partial charge in [0, 0.05) is 18.2 Å². The highest BCUT2D eigenvalue weighted by molar-refractivity contribution is 5.33. The molecule has 0 amide bonds. The van der Waals surface area contributed by atoms with Crippen LogP contribution in [0.1, 0.15) is 48.5 Å². The average Bonchev–Trinajstić information content (AvgIpc) is 3.10. The smallest absolute Gasteiger partial charge is 0.127 e. The Kier molecular flexibility index (Phi) is 5.18. The van der Waals surface area contributed by atoms with E-state index in [1.807, 2.05) is 6.07 Å². The molecule has 2 N–H and O–H groups in total. The molecule has 0 spiro atoms. The molecule has 3 rings (SSSR count). The molecule has 1 fully saturated rings. The van der Waals surface area contributed by atoms with Gasteiger partial charge in [-0.05, 0) is 31.0 Å². The molecule has 1 saturated carbocycles. The molecule has 1 aromatic carbocycles. The standard InChI is InChI=1S/C17H20FN5O/c18-15-6-5-12(8-19)7-13(15)9-20-16-3-1-2-4-17(16)23-10-14(11-24)21-22-23/h5-7,10,16-17,20,24H,1-4,9,11H2/t16-,17+/m0/s1. The van der Waals surface area contributed by atoms with Crippen LogP contribution >= 0.6 is 0 Å². The van der Waals surface area contributed by atoms with Crippen LogP contribution in [0.2, 0.25) is 0 Å². The first kappa shape index (κ1) is 16.6. The molecule has 0 unspecified atom stereocenters. The van der Waals surface area contributed by atoms with E-state index in [0.29, 0.717) is 23.4 Å². The second-order valence-corrected chi connectivity index (χ2v) is 6.11. The number of nitriles is 1. The molecule has 24 heavy (non-hydrogen) atoms. The summed E-state index contributed by atoms with van der Waals surface area (Å²) in [5.41, 5.74) is 1.50. The number of nitrogens with zero attached hydrogens (tertiary/aromatic N) is 4. The monoisotopic (exact) mass is 329 g/mol. The van der Waals surface area contributed by atoms with Crippen LogP contribution in [-0.2, 0) is 13.2 Å². The van der Waals surface area contributed by atoms with Crippen molar-refractivity contribution in [3.8, 4) is 6.07 Å². The summed E-state index contributed by atoms with van der Waals surface area (Å²) in [5, 5.41) is 29.6. The number of rotatable bonds is 5. The molecule has 0 radical (unpaired) electrons. The Morgan fingerprint density at radius 3 is 2.96 bits per heavy atom. The molecule has 126 valence electrons. The molecule has 7 heteroatoms. The lowest BCUT2D eigenvalue weighted by Gasteiger charge is -2.32. The van der Waals surface area contributed by atoms with Gasteiger partial charge >= 0.3 is 0 Å². The highest BCUT2D eigenvalue weighted by atomic mass is 19.1. The highest BCUT2D eigenvalue weighted by Gasteiger charge is 2.27. The van der Waals surface area contributed by atoms with E-state index in [9.17, 15) is 4.39 Å². The average molecular weight is 329 g/mol. The summed E-state index contributed by atoms with van der Waals surface area (Å²) < 4.78 is 15.7. The van der Waals surface area contributed by atoms with Gasteiger partial charge in [-0.1, -0.05) is 18.1 Å². The molecule has 0 bridgehead atoms. The Morgan fingerprint density at radius 2 is 2.21 bits per heavy atom. The van der Waals surface area contributed by atoms with Crippen molar-refractivity contribution in [2.24, 2.45) is 0 Å². The third-order valence-corrected chi connectivity index (χ3v) is 4.52. The van der Waals surface area contributed by atoms with E-state index >= 15 is 0 Å². The summed E-state index contributed by atoms with van der Waals surface area (Å²) in [6, 6.07) is 6.71. The van der Waals surface area contributed by atoms with E-state index in [-0.39, 0.29) is 24.5 Å². The van der Waals surface area contributed by atoms with Crippen LogP contribution < -0.4 is 5.32 Å². The highest BCUT2D eigenvalue weighted by Crippen LogP contribution is 2.28. The number of halogens is 1. The molecule has 2 aromatic rings. The van der Waals surface area contributed by atoms with Gasteiger partial charge < -0.3 is 10.4 Å². The fourth-order valence-electron chi connectivity index (χ4n) is 3.23. The number of benzene rings is 1. The minimum atomic E-state index is -0.308. The number of aliphatic hydroxyl groups is 1. The number of aliphatic hydroxyl groups excluding tert-OH is 1. The van der Waals surface area contributed by atoms with E-state index in [2.05, 4.69) is 15.6 Å². The molecule has 2 atom stereocenters. The molecule has 1 heterocycles. The predicted molar refractivity (Wildman–Crippen MR) is 85.2 cm³/mol. The molecule has 1 aromatic heterocycles. The molecule has 0 saturated heterocycles. The lowest BCUT2D eigenvalue weighted by atomic mass is 9.90. The second kappa shape index (κ2) is 7.51. The topological polar surface area (TPSA) is 86.8 Å². The molecular formula is C17H20FN5O. The van der Waals surface area contributed by atoms with Gasteiger partial charge in [0.15, 0.2) is 0 Å². The molecule has 1 aliphatic carbocycles. The Balaban J connectivity index is 1.71. The van der Waals surface area contributed by atoms with Crippen molar-refractivity contribution >= 4 is 0 Å². The summed E-state index contributed by atoms with van der Waals surface area (Å²) >= 11 is 0. The predicted octanol–water partition coefficient (Wildman–Crippen LogP) is 2.05. The van der Waals surface area contributed by atoms with Crippen LogP contribution in [0.5, 0.6) is 0 Å². The number of hydrogen-bond donors (Lipinski definition) is 2. The maximum absolute atomic E-state index is 13.9. The molecular weight excluding hydrogens is 309 g/mol. The largest absolute Gasteiger partial charge is 0.390 e. The SMILES string of the molecule is N#Cc1ccc(F)c(CN[C@H]2CCCC[C@H]2n2cc(CO)nn2)c1. The Hall–Kier alpha value is -2.30. The lowest BCUT2D eigenvalue weighted by molar-refractivity contribution is 0.241. The number of hydrogen-bond acceptors (Lipinski definition) is 5. The lowest BCUT2D eigenvalue weighted by Crippen LogP contribution is -2.39. The molecule has 0 aliphatic heterocycles. The first-order chi connectivity index (χ1) is 11.7. The zero-order valence-corrected chi connectivity index (χ0v) is 13.3.